The second-order valence-corrected chi connectivity index (χ2v) is 4.26. The summed E-state index contributed by atoms with van der Waals surface area (Å²) in [6.07, 6.45) is 7.55. The molecule has 0 aromatic rings. The molecule has 13 heavy (non-hydrogen) atoms. The fraction of sp³-hybridized carbons (Fsp3) is 0.818. The summed E-state index contributed by atoms with van der Waals surface area (Å²) in [5.41, 5.74) is 0. The van der Waals surface area contributed by atoms with Gasteiger partial charge in [-0.2, -0.15) is 0 Å². The maximum atomic E-state index is 3.80. The van der Waals surface area contributed by atoms with Gasteiger partial charge in [-0.25, -0.2) is 0 Å². The van der Waals surface area contributed by atoms with Crippen molar-refractivity contribution in [3.8, 4) is 0 Å². The molecular weight excluding hydrogens is 160 g/mol. The summed E-state index contributed by atoms with van der Waals surface area (Å²) in [4.78, 5) is 2.54. The monoisotopic (exact) mass is 180 g/mol. The van der Waals surface area contributed by atoms with Crippen LogP contribution in [0.25, 0.3) is 0 Å². The molecule has 2 heteroatoms. The predicted molar refractivity (Wildman–Crippen MR) is 55.8 cm³/mol. The summed E-state index contributed by atoms with van der Waals surface area (Å²) in [6.45, 7) is 7.33. The number of likely N-dealkylation sites (tertiary alicyclic amines) is 1. The van der Waals surface area contributed by atoms with E-state index in [2.05, 4.69) is 16.8 Å². The molecule has 0 amide bonds. The van der Waals surface area contributed by atoms with E-state index in [9.17, 15) is 0 Å². The van der Waals surface area contributed by atoms with E-state index in [0.717, 1.165) is 18.6 Å². The highest BCUT2D eigenvalue weighted by molar-refractivity contribution is 4.88. The van der Waals surface area contributed by atoms with Gasteiger partial charge >= 0.3 is 0 Å². The lowest BCUT2D eigenvalue weighted by Crippen LogP contribution is -2.38. The maximum absolute atomic E-state index is 3.80. The summed E-state index contributed by atoms with van der Waals surface area (Å²) in [6, 6.07) is 1.63. The summed E-state index contributed by atoms with van der Waals surface area (Å²) >= 11 is 0. The zero-order valence-corrected chi connectivity index (χ0v) is 8.34. The van der Waals surface area contributed by atoms with Gasteiger partial charge in [-0.1, -0.05) is 6.08 Å². The lowest BCUT2D eigenvalue weighted by molar-refractivity contribution is 0.272. The second kappa shape index (κ2) is 4.25. The number of nitrogens with zero attached hydrogens (tertiary/aromatic N) is 1. The Morgan fingerprint density at radius 3 is 2.92 bits per heavy atom. The van der Waals surface area contributed by atoms with Crippen LogP contribution < -0.4 is 5.32 Å². The first-order valence-electron chi connectivity index (χ1n) is 5.48. The fourth-order valence-corrected chi connectivity index (χ4v) is 2.12. The minimum atomic E-state index is 0.776. The second-order valence-electron chi connectivity index (χ2n) is 4.26. The highest BCUT2D eigenvalue weighted by atomic mass is 15.2. The molecule has 0 radical (unpaired) electrons. The lowest BCUT2D eigenvalue weighted by Gasteiger charge is -2.23. The summed E-state index contributed by atoms with van der Waals surface area (Å²) in [5, 5.41) is 3.61. The molecule has 74 valence electrons. The third-order valence-electron chi connectivity index (χ3n) is 3.08. The molecule has 2 aliphatic rings. The van der Waals surface area contributed by atoms with E-state index in [-0.39, 0.29) is 0 Å². The molecule has 0 aromatic carbocycles. The minimum absolute atomic E-state index is 0.776. The molecule has 1 saturated carbocycles. The summed E-state index contributed by atoms with van der Waals surface area (Å²) in [7, 11) is 0. The number of rotatable bonds is 5. The van der Waals surface area contributed by atoms with Crippen molar-refractivity contribution in [2.75, 3.05) is 19.6 Å². The van der Waals surface area contributed by atoms with Gasteiger partial charge in [0.2, 0.25) is 0 Å². The average Bonchev–Trinajstić information content (AvgIpc) is 2.86. The standard InChI is InChI=1S/C11H20N2/c1-2-7-13-8-3-4-11(13)9-12-10-5-6-10/h2,10-12H,1,3-9H2. The largest absolute Gasteiger partial charge is 0.312 e. The van der Waals surface area contributed by atoms with Crippen molar-refractivity contribution in [1.82, 2.24) is 10.2 Å². The summed E-state index contributed by atoms with van der Waals surface area (Å²) in [5.74, 6) is 0. The molecule has 0 bridgehead atoms. The van der Waals surface area contributed by atoms with Crippen molar-refractivity contribution in [3.05, 3.63) is 12.7 Å². The molecule has 2 nitrogen and oxygen atoms in total. The van der Waals surface area contributed by atoms with Gasteiger partial charge in [0.15, 0.2) is 0 Å². The molecule has 0 spiro atoms. The Labute approximate surface area is 81.0 Å². The molecule has 1 atom stereocenters. The van der Waals surface area contributed by atoms with Gasteiger partial charge in [-0.3, -0.25) is 4.90 Å². The summed E-state index contributed by atoms with van der Waals surface area (Å²) < 4.78 is 0. The van der Waals surface area contributed by atoms with Crippen molar-refractivity contribution >= 4 is 0 Å². The Hall–Kier alpha value is -0.340. The van der Waals surface area contributed by atoms with Crippen molar-refractivity contribution in [2.24, 2.45) is 0 Å². The van der Waals surface area contributed by atoms with Gasteiger partial charge < -0.3 is 5.32 Å². The van der Waals surface area contributed by atoms with Crippen LogP contribution in [0.15, 0.2) is 12.7 Å². The fourth-order valence-electron chi connectivity index (χ4n) is 2.12. The normalized spacial score (nSPS) is 29.4. The zero-order chi connectivity index (χ0) is 9.10. The third kappa shape index (κ3) is 2.55. The molecule has 1 N–H and O–H groups in total. The number of hydrogen-bond donors (Lipinski definition) is 1. The Bertz CT molecular complexity index is 175. The SMILES string of the molecule is C=CCN1CCCC1CNC1CC1. The van der Waals surface area contributed by atoms with Crippen molar-refractivity contribution in [1.29, 1.82) is 0 Å². The first kappa shape index (κ1) is 9.22. The predicted octanol–water partition coefficient (Wildman–Crippen LogP) is 1.39. The van der Waals surface area contributed by atoms with Crippen LogP contribution in [0.4, 0.5) is 0 Å². The van der Waals surface area contributed by atoms with Crippen LogP contribution in [-0.4, -0.2) is 36.6 Å². The third-order valence-corrected chi connectivity index (χ3v) is 3.08. The van der Waals surface area contributed by atoms with E-state index < -0.39 is 0 Å². The van der Waals surface area contributed by atoms with Crippen LogP contribution in [0.2, 0.25) is 0 Å². The van der Waals surface area contributed by atoms with E-state index in [1.54, 1.807) is 0 Å². The van der Waals surface area contributed by atoms with Crippen molar-refractivity contribution < 1.29 is 0 Å². The van der Waals surface area contributed by atoms with Gasteiger partial charge in [0, 0.05) is 25.2 Å². The molecule has 1 unspecified atom stereocenters. The van der Waals surface area contributed by atoms with E-state index in [4.69, 9.17) is 0 Å². The zero-order valence-electron chi connectivity index (χ0n) is 8.34. The van der Waals surface area contributed by atoms with Gasteiger partial charge in [0.1, 0.15) is 0 Å². The molecule has 1 aliphatic heterocycles. The molecule has 1 saturated heterocycles. The molecule has 1 aliphatic carbocycles. The Morgan fingerprint density at radius 2 is 2.23 bits per heavy atom. The van der Waals surface area contributed by atoms with Crippen LogP contribution in [0, 0.1) is 0 Å². The smallest absolute Gasteiger partial charge is 0.0224 e. The molecule has 2 rings (SSSR count). The minimum Gasteiger partial charge on any atom is -0.312 e. The average molecular weight is 180 g/mol. The van der Waals surface area contributed by atoms with Crippen molar-refractivity contribution in [2.45, 2.75) is 37.8 Å². The van der Waals surface area contributed by atoms with Crippen LogP contribution in [-0.2, 0) is 0 Å². The van der Waals surface area contributed by atoms with Crippen LogP contribution in [0.1, 0.15) is 25.7 Å². The molecule has 1 heterocycles. The molecule has 2 fully saturated rings. The highest BCUT2D eigenvalue weighted by Crippen LogP contribution is 2.21. The van der Waals surface area contributed by atoms with Gasteiger partial charge in [0.05, 0.1) is 0 Å². The Morgan fingerprint density at radius 1 is 1.38 bits per heavy atom. The van der Waals surface area contributed by atoms with Crippen LogP contribution in [0.3, 0.4) is 0 Å². The first-order valence-corrected chi connectivity index (χ1v) is 5.48. The number of nitrogens with one attached hydrogen (secondary N) is 1. The lowest BCUT2D eigenvalue weighted by atomic mass is 10.2. The van der Waals surface area contributed by atoms with Crippen molar-refractivity contribution in [3.63, 3.8) is 0 Å². The van der Waals surface area contributed by atoms with Gasteiger partial charge in [-0.05, 0) is 32.2 Å². The highest BCUT2D eigenvalue weighted by Gasteiger charge is 2.26. The van der Waals surface area contributed by atoms with Crippen LogP contribution in [0.5, 0.6) is 0 Å². The van der Waals surface area contributed by atoms with Gasteiger partial charge in [0.25, 0.3) is 0 Å². The quantitative estimate of drug-likeness (QED) is 0.643. The van der Waals surface area contributed by atoms with E-state index in [1.807, 2.05) is 6.08 Å². The topological polar surface area (TPSA) is 15.3 Å². The Balaban J connectivity index is 1.71. The van der Waals surface area contributed by atoms with E-state index >= 15 is 0 Å². The molecular formula is C11H20N2. The number of hydrogen-bond acceptors (Lipinski definition) is 2. The maximum Gasteiger partial charge on any atom is 0.0224 e. The van der Waals surface area contributed by atoms with Gasteiger partial charge in [-0.15, -0.1) is 6.58 Å². The van der Waals surface area contributed by atoms with Crippen LogP contribution >= 0.6 is 0 Å². The van der Waals surface area contributed by atoms with E-state index in [0.29, 0.717) is 0 Å². The molecule has 0 aromatic heterocycles. The Kier molecular flexibility index (Phi) is 3.01. The van der Waals surface area contributed by atoms with E-state index in [1.165, 1.54) is 38.8 Å². The first-order chi connectivity index (χ1) is 6.40.